The van der Waals surface area contributed by atoms with E-state index in [4.69, 9.17) is 14.2 Å². The average Bonchev–Trinajstić information content (AvgIpc) is 2.74. The van der Waals surface area contributed by atoms with Gasteiger partial charge in [-0.05, 0) is 69.5 Å². The van der Waals surface area contributed by atoms with Crippen molar-refractivity contribution in [2.75, 3.05) is 7.11 Å². The molecule has 2 aromatic rings. The number of esters is 1. The molecule has 2 rings (SSSR count). The number of rotatable bonds is 9. The van der Waals surface area contributed by atoms with Crippen LogP contribution < -0.4 is 10.1 Å². The van der Waals surface area contributed by atoms with Crippen LogP contribution in [0, 0.1) is 6.92 Å². The van der Waals surface area contributed by atoms with Crippen LogP contribution in [0.3, 0.4) is 0 Å². The molecule has 0 spiro atoms. The Morgan fingerprint density at radius 2 is 1.66 bits per heavy atom. The van der Waals surface area contributed by atoms with Crippen molar-refractivity contribution in [2.24, 2.45) is 0 Å². The van der Waals surface area contributed by atoms with Gasteiger partial charge in [-0.3, -0.25) is 4.79 Å². The van der Waals surface area contributed by atoms with Gasteiger partial charge in [0.25, 0.3) is 0 Å². The molecule has 1 atom stereocenters. The number of carbonyl (C=O) groups excluding carboxylic acids is 3. The minimum Gasteiger partial charge on any atom is -0.489 e. The van der Waals surface area contributed by atoms with Crippen molar-refractivity contribution in [1.82, 2.24) is 5.32 Å². The molecule has 7 heteroatoms. The molecule has 2 aromatic carbocycles. The number of aryl methyl sites for hydroxylation is 1. The van der Waals surface area contributed by atoms with E-state index in [9.17, 15) is 14.4 Å². The van der Waals surface area contributed by atoms with Gasteiger partial charge in [0.2, 0.25) is 0 Å². The number of ether oxygens (including phenoxy) is 3. The average molecular weight is 442 g/mol. The fourth-order valence-electron chi connectivity index (χ4n) is 2.93. The summed E-state index contributed by atoms with van der Waals surface area (Å²) in [5.74, 6) is -0.136. The fraction of sp³-hybridized carbons (Fsp3) is 0.400. The lowest BCUT2D eigenvalue weighted by Crippen LogP contribution is -2.44. The minimum atomic E-state index is -0.976. The third kappa shape index (κ3) is 8.06. The molecule has 7 nitrogen and oxygen atoms in total. The lowest BCUT2D eigenvalue weighted by atomic mass is 10.0. The van der Waals surface area contributed by atoms with Crippen molar-refractivity contribution in [3.05, 3.63) is 65.2 Å². The second-order valence-electron chi connectivity index (χ2n) is 8.42. The van der Waals surface area contributed by atoms with Crippen LogP contribution in [0.4, 0.5) is 4.79 Å². The number of alkyl carbamates (subject to hydrolysis) is 1. The minimum absolute atomic E-state index is 0.0545. The first-order chi connectivity index (χ1) is 15.1. The van der Waals surface area contributed by atoms with E-state index in [1.807, 2.05) is 31.2 Å². The smallest absolute Gasteiger partial charge is 0.408 e. The molecule has 0 fully saturated rings. The zero-order chi connectivity index (χ0) is 23.7. The highest BCUT2D eigenvalue weighted by Gasteiger charge is 2.25. The Bertz CT molecular complexity index is 930. The number of carbonyl (C=O) groups is 3. The summed E-state index contributed by atoms with van der Waals surface area (Å²) in [6.07, 6.45) is -0.592. The van der Waals surface area contributed by atoms with Crippen LogP contribution in [0.1, 0.15) is 55.1 Å². The summed E-state index contributed by atoms with van der Waals surface area (Å²) in [4.78, 5) is 36.6. The van der Waals surface area contributed by atoms with Gasteiger partial charge in [-0.25, -0.2) is 9.59 Å². The maximum absolute atomic E-state index is 12.6. The van der Waals surface area contributed by atoms with Crippen molar-refractivity contribution < 1.29 is 28.6 Å². The Balaban J connectivity index is 1.91. The molecule has 0 saturated heterocycles. The Kier molecular flexibility index (Phi) is 8.81. The number of Topliss-reactive ketones (excluding diaryl/α,β-unsaturated/α-hetero) is 1. The number of benzene rings is 2. The second-order valence-corrected chi connectivity index (χ2v) is 8.42. The lowest BCUT2D eigenvalue weighted by Gasteiger charge is -2.22. The SMILES string of the molecule is COC(=O)[C@H](CCC(=O)c1ccc(OCc2ccccc2C)cc1)NC(=O)OC(C)(C)C. The van der Waals surface area contributed by atoms with E-state index in [1.54, 1.807) is 45.0 Å². The normalized spacial score (nSPS) is 11.9. The first kappa shape index (κ1) is 24.9. The zero-order valence-electron chi connectivity index (χ0n) is 19.3. The Morgan fingerprint density at radius 1 is 1.00 bits per heavy atom. The van der Waals surface area contributed by atoms with Crippen LogP contribution >= 0.6 is 0 Å². The summed E-state index contributed by atoms with van der Waals surface area (Å²) in [5.41, 5.74) is 2.04. The number of hydrogen-bond acceptors (Lipinski definition) is 6. The first-order valence-electron chi connectivity index (χ1n) is 10.5. The van der Waals surface area contributed by atoms with Crippen LogP contribution in [0.5, 0.6) is 5.75 Å². The highest BCUT2D eigenvalue weighted by atomic mass is 16.6. The van der Waals surface area contributed by atoms with Gasteiger partial charge >= 0.3 is 12.1 Å². The summed E-state index contributed by atoms with van der Waals surface area (Å²) >= 11 is 0. The van der Waals surface area contributed by atoms with Crippen LogP contribution in [0.25, 0.3) is 0 Å². The number of amides is 1. The Morgan fingerprint density at radius 3 is 2.25 bits per heavy atom. The summed E-state index contributed by atoms with van der Waals surface area (Å²) in [6.45, 7) is 7.63. The first-order valence-corrected chi connectivity index (χ1v) is 10.5. The molecule has 32 heavy (non-hydrogen) atoms. The topological polar surface area (TPSA) is 90.9 Å². The van der Waals surface area contributed by atoms with Crippen molar-refractivity contribution in [3.63, 3.8) is 0 Å². The third-order valence-electron chi connectivity index (χ3n) is 4.67. The molecule has 0 heterocycles. The van der Waals surface area contributed by atoms with E-state index >= 15 is 0 Å². The van der Waals surface area contributed by atoms with Crippen LogP contribution in [-0.2, 0) is 20.9 Å². The highest BCUT2D eigenvalue weighted by molar-refractivity contribution is 5.96. The van der Waals surface area contributed by atoms with Gasteiger partial charge in [-0.15, -0.1) is 0 Å². The molecule has 0 bridgehead atoms. The van der Waals surface area contributed by atoms with Crippen LogP contribution in [0.15, 0.2) is 48.5 Å². The van der Waals surface area contributed by atoms with Crippen molar-refractivity contribution >= 4 is 17.8 Å². The molecule has 172 valence electrons. The van der Waals surface area contributed by atoms with Gasteiger partial charge in [-0.1, -0.05) is 24.3 Å². The molecule has 1 amide bonds. The Hall–Kier alpha value is -3.35. The molecule has 0 aliphatic carbocycles. The fourth-order valence-corrected chi connectivity index (χ4v) is 2.93. The van der Waals surface area contributed by atoms with Gasteiger partial charge in [0.1, 0.15) is 24.0 Å². The van der Waals surface area contributed by atoms with Crippen LogP contribution in [-0.4, -0.2) is 36.6 Å². The number of hydrogen-bond donors (Lipinski definition) is 1. The summed E-state index contributed by atoms with van der Waals surface area (Å²) in [6, 6.07) is 13.9. The Labute approximate surface area is 189 Å². The van der Waals surface area contributed by atoms with E-state index in [1.165, 1.54) is 7.11 Å². The third-order valence-corrected chi connectivity index (χ3v) is 4.67. The molecule has 0 saturated carbocycles. The molecule has 0 radical (unpaired) electrons. The van der Waals surface area contributed by atoms with Gasteiger partial charge in [0.15, 0.2) is 5.78 Å². The van der Waals surface area contributed by atoms with E-state index < -0.39 is 23.7 Å². The second kappa shape index (κ2) is 11.3. The summed E-state index contributed by atoms with van der Waals surface area (Å²) in [7, 11) is 1.23. The van der Waals surface area contributed by atoms with Gasteiger partial charge in [-0.2, -0.15) is 0 Å². The van der Waals surface area contributed by atoms with E-state index in [-0.39, 0.29) is 18.6 Å². The molecule has 0 aromatic heterocycles. The van der Waals surface area contributed by atoms with E-state index in [0.29, 0.717) is 17.9 Å². The van der Waals surface area contributed by atoms with E-state index in [0.717, 1.165) is 11.1 Å². The highest BCUT2D eigenvalue weighted by Crippen LogP contribution is 2.17. The molecule has 0 aliphatic heterocycles. The quantitative estimate of drug-likeness (QED) is 0.452. The lowest BCUT2D eigenvalue weighted by molar-refractivity contribution is -0.143. The largest absolute Gasteiger partial charge is 0.489 e. The van der Waals surface area contributed by atoms with Crippen molar-refractivity contribution in [3.8, 4) is 5.75 Å². The molecule has 0 unspecified atom stereocenters. The van der Waals surface area contributed by atoms with Crippen molar-refractivity contribution in [1.29, 1.82) is 0 Å². The summed E-state index contributed by atoms with van der Waals surface area (Å²) < 4.78 is 15.7. The standard InChI is InChI=1S/C25H31NO6/c1-17-8-6-7-9-19(17)16-31-20-12-10-18(11-13-20)22(27)15-14-21(23(28)30-5)26-24(29)32-25(2,3)4/h6-13,21H,14-16H2,1-5H3,(H,26,29)/t21-/m0/s1. The van der Waals surface area contributed by atoms with E-state index in [2.05, 4.69) is 5.32 Å². The summed E-state index contributed by atoms with van der Waals surface area (Å²) in [5, 5.41) is 2.47. The van der Waals surface area contributed by atoms with Gasteiger partial charge in [0, 0.05) is 12.0 Å². The predicted molar refractivity (Wildman–Crippen MR) is 121 cm³/mol. The molecular formula is C25H31NO6. The molecule has 0 aliphatic rings. The number of methoxy groups -OCH3 is 1. The molecule has 1 N–H and O–H groups in total. The number of ketones is 1. The van der Waals surface area contributed by atoms with Gasteiger partial charge < -0.3 is 19.5 Å². The maximum atomic E-state index is 12.6. The number of nitrogens with one attached hydrogen (secondary N) is 1. The van der Waals surface area contributed by atoms with Crippen molar-refractivity contribution in [2.45, 2.75) is 58.8 Å². The zero-order valence-corrected chi connectivity index (χ0v) is 19.3. The maximum Gasteiger partial charge on any atom is 0.408 e. The van der Waals surface area contributed by atoms with Crippen LogP contribution in [0.2, 0.25) is 0 Å². The monoisotopic (exact) mass is 441 g/mol. The van der Waals surface area contributed by atoms with Gasteiger partial charge in [0.05, 0.1) is 7.11 Å². The molecular weight excluding hydrogens is 410 g/mol. The predicted octanol–water partition coefficient (Wildman–Crippen LogP) is 4.60.